The first kappa shape index (κ1) is 12.8. The zero-order valence-electron chi connectivity index (χ0n) is 8.69. The topological polar surface area (TPSA) is 32.3 Å². The van der Waals surface area contributed by atoms with Crippen LogP contribution in [-0.4, -0.2) is 29.7 Å². The van der Waals surface area contributed by atoms with E-state index in [0.717, 1.165) is 22.9 Å². The average Bonchev–Trinajstić information content (AvgIpc) is 2.76. The summed E-state index contributed by atoms with van der Waals surface area (Å²) in [5.41, 5.74) is 0. The van der Waals surface area contributed by atoms with Crippen molar-refractivity contribution in [1.82, 2.24) is 5.32 Å². The Morgan fingerprint density at radius 1 is 1.67 bits per heavy atom. The molecular formula is C11H17NOS2. The lowest BCUT2D eigenvalue weighted by molar-refractivity contribution is 0.179. The predicted octanol–water partition coefficient (Wildman–Crippen LogP) is 2.29. The van der Waals surface area contributed by atoms with Gasteiger partial charge in [0.25, 0.3) is 0 Å². The molecule has 0 spiro atoms. The molecule has 1 atom stereocenters. The fraction of sp³-hybridized carbons (Fsp3) is 0.455. The Labute approximate surface area is 99.4 Å². The molecule has 0 amide bonds. The van der Waals surface area contributed by atoms with E-state index in [2.05, 4.69) is 11.9 Å². The molecule has 84 valence electrons. The van der Waals surface area contributed by atoms with Gasteiger partial charge in [-0.25, -0.2) is 0 Å². The average molecular weight is 243 g/mol. The number of aliphatic hydroxyl groups is 1. The van der Waals surface area contributed by atoms with Gasteiger partial charge < -0.3 is 10.4 Å². The second-order valence-corrected chi connectivity index (χ2v) is 5.23. The van der Waals surface area contributed by atoms with Gasteiger partial charge in [0.1, 0.15) is 6.10 Å². The fourth-order valence-corrected chi connectivity index (χ4v) is 2.47. The van der Waals surface area contributed by atoms with Crippen molar-refractivity contribution in [1.29, 1.82) is 0 Å². The van der Waals surface area contributed by atoms with Gasteiger partial charge in [-0.05, 0) is 11.4 Å². The number of thioether (sulfide) groups is 1. The number of hydrogen-bond donors (Lipinski definition) is 2. The Morgan fingerprint density at radius 3 is 3.20 bits per heavy atom. The zero-order chi connectivity index (χ0) is 10.9. The molecule has 0 aliphatic heterocycles. The smallest absolute Gasteiger partial charge is 0.101 e. The van der Waals surface area contributed by atoms with Gasteiger partial charge in [-0.1, -0.05) is 12.1 Å². The molecular weight excluding hydrogens is 226 g/mol. The highest BCUT2D eigenvalue weighted by Crippen LogP contribution is 2.17. The lowest BCUT2D eigenvalue weighted by atomic mass is 10.3. The molecule has 0 saturated carbocycles. The fourth-order valence-electron chi connectivity index (χ4n) is 1.13. The van der Waals surface area contributed by atoms with Crippen LogP contribution in [0.15, 0.2) is 30.2 Å². The maximum atomic E-state index is 9.74. The van der Waals surface area contributed by atoms with Crippen LogP contribution in [0, 0.1) is 0 Å². The molecule has 2 N–H and O–H groups in total. The highest BCUT2D eigenvalue weighted by Gasteiger charge is 2.06. The maximum Gasteiger partial charge on any atom is 0.101 e. The van der Waals surface area contributed by atoms with Crippen molar-refractivity contribution >= 4 is 23.1 Å². The van der Waals surface area contributed by atoms with E-state index in [1.54, 1.807) is 11.3 Å². The molecule has 1 aromatic rings. The Balaban J connectivity index is 2.02. The van der Waals surface area contributed by atoms with Crippen LogP contribution in [-0.2, 0) is 0 Å². The monoisotopic (exact) mass is 243 g/mol. The van der Waals surface area contributed by atoms with E-state index in [1.165, 1.54) is 0 Å². The molecule has 0 saturated heterocycles. The molecule has 4 heteroatoms. The maximum absolute atomic E-state index is 9.74. The van der Waals surface area contributed by atoms with Crippen molar-refractivity contribution in [2.24, 2.45) is 0 Å². The van der Waals surface area contributed by atoms with Crippen molar-refractivity contribution in [3.05, 3.63) is 35.0 Å². The molecule has 1 unspecified atom stereocenters. The van der Waals surface area contributed by atoms with Gasteiger partial charge in [-0.15, -0.1) is 17.9 Å². The summed E-state index contributed by atoms with van der Waals surface area (Å²) in [4.78, 5) is 1.03. The molecule has 0 bridgehead atoms. The standard InChI is InChI=1S/C11H17NOS2/c1-2-6-14-8-5-12-9-10(13)11-4-3-7-15-11/h2-4,7,10,12-13H,1,5-6,8-9H2. The summed E-state index contributed by atoms with van der Waals surface area (Å²) in [6.45, 7) is 5.23. The molecule has 1 rings (SSSR count). The van der Waals surface area contributed by atoms with Gasteiger partial charge in [0, 0.05) is 29.5 Å². The first-order valence-corrected chi connectivity index (χ1v) is 6.99. The van der Waals surface area contributed by atoms with Gasteiger partial charge in [0.2, 0.25) is 0 Å². The first-order chi connectivity index (χ1) is 7.34. The number of nitrogens with one attached hydrogen (secondary N) is 1. The Hall–Kier alpha value is -0.290. The van der Waals surface area contributed by atoms with Crippen LogP contribution in [0.3, 0.4) is 0 Å². The van der Waals surface area contributed by atoms with Gasteiger partial charge in [0.15, 0.2) is 0 Å². The number of thiophene rings is 1. The summed E-state index contributed by atoms with van der Waals surface area (Å²) in [7, 11) is 0. The Bertz CT molecular complexity index is 262. The molecule has 0 aromatic carbocycles. The minimum atomic E-state index is -0.366. The number of aliphatic hydroxyl groups excluding tert-OH is 1. The van der Waals surface area contributed by atoms with Crippen LogP contribution in [0.2, 0.25) is 0 Å². The van der Waals surface area contributed by atoms with Crippen LogP contribution in [0.4, 0.5) is 0 Å². The van der Waals surface area contributed by atoms with E-state index in [4.69, 9.17) is 0 Å². The van der Waals surface area contributed by atoms with Crippen LogP contribution in [0.5, 0.6) is 0 Å². The van der Waals surface area contributed by atoms with Crippen molar-refractivity contribution in [3.8, 4) is 0 Å². The van der Waals surface area contributed by atoms with Crippen molar-refractivity contribution in [2.45, 2.75) is 6.10 Å². The van der Waals surface area contributed by atoms with Gasteiger partial charge in [0.05, 0.1) is 0 Å². The zero-order valence-corrected chi connectivity index (χ0v) is 10.3. The molecule has 0 aliphatic rings. The quantitative estimate of drug-likeness (QED) is 0.543. The Morgan fingerprint density at radius 2 is 2.53 bits per heavy atom. The SMILES string of the molecule is C=CCSCCNCC(O)c1cccs1. The number of rotatable bonds is 8. The van der Waals surface area contributed by atoms with E-state index in [-0.39, 0.29) is 6.10 Å². The molecule has 2 nitrogen and oxygen atoms in total. The third kappa shape index (κ3) is 5.37. The molecule has 1 heterocycles. The summed E-state index contributed by atoms with van der Waals surface area (Å²) in [5, 5.41) is 15.0. The summed E-state index contributed by atoms with van der Waals surface area (Å²) in [6.07, 6.45) is 1.54. The minimum absolute atomic E-state index is 0.366. The summed E-state index contributed by atoms with van der Waals surface area (Å²) < 4.78 is 0. The number of hydrogen-bond acceptors (Lipinski definition) is 4. The van der Waals surface area contributed by atoms with Crippen LogP contribution >= 0.6 is 23.1 Å². The first-order valence-electron chi connectivity index (χ1n) is 4.95. The highest BCUT2D eigenvalue weighted by molar-refractivity contribution is 7.99. The molecule has 1 aromatic heterocycles. The predicted molar refractivity (Wildman–Crippen MR) is 69.7 cm³/mol. The normalized spacial score (nSPS) is 12.6. The second kappa shape index (κ2) is 7.93. The third-order valence-corrected chi connectivity index (χ3v) is 3.81. The minimum Gasteiger partial charge on any atom is -0.386 e. The highest BCUT2D eigenvalue weighted by atomic mass is 32.2. The summed E-state index contributed by atoms with van der Waals surface area (Å²) >= 11 is 3.44. The van der Waals surface area contributed by atoms with Gasteiger partial charge in [-0.2, -0.15) is 11.8 Å². The lowest BCUT2D eigenvalue weighted by Crippen LogP contribution is -2.23. The van der Waals surface area contributed by atoms with Crippen molar-refractivity contribution in [3.63, 3.8) is 0 Å². The van der Waals surface area contributed by atoms with E-state index in [1.807, 2.05) is 35.4 Å². The van der Waals surface area contributed by atoms with Crippen molar-refractivity contribution < 1.29 is 5.11 Å². The van der Waals surface area contributed by atoms with Crippen LogP contribution in [0.1, 0.15) is 11.0 Å². The summed E-state index contributed by atoms with van der Waals surface area (Å²) in [5.74, 6) is 2.05. The van der Waals surface area contributed by atoms with Crippen LogP contribution < -0.4 is 5.32 Å². The van der Waals surface area contributed by atoms with E-state index < -0.39 is 0 Å². The molecule has 0 aliphatic carbocycles. The summed E-state index contributed by atoms with van der Waals surface area (Å²) in [6, 6.07) is 3.92. The van der Waals surface area contributed by atoms with Crippen LogP contribution in [0.25, 0.3) is 0 Å². The lowest BCUT2D eigenvalue weighted by Gasteiger charge is -2.09. The van der Waals surface area contributed by atoms with E-state index in [9.17, 15) is 5.11 Å². The second-order valence-electron chi connectivity index (χ2n) is 3.10. The molecule has 15 heavy (non-hydrogen) atoms. The molecule has 0 radical (unpaired) electrons. The Kier molecular flexibility index (Phi) is 6.76. The molecule has 0 fully saturated rings. The van der Waals surface area contributed by atoms with Gasteiger partial charge in [-0.3, -0.25) is 0 Å². The van der Waals surface area contributed by atoms with E-state index in [0.29, 0.717) is 6.54 Å². The van der Waals surface area contributed by atoms with Gasteiger partial charge >= 0.3 is 0 Å². The van der Waals surface area contributed by atoms with Crippen molar-refractivity contribution in [2.75, 3.05) is 24.6 Å². The third-order valence-electron chi connectivity index (χ3n) is 1.87. The van der Waals surface area contributed by atoms with E-state index >= 15 is 0 Å². The largest absolute Gasteiger partial charge is 0.386 e.